The lowest BCUT2D eigenvalue weighted by Crippen LogP contribution is -2.56. The third-order valence-electron chi connectivity index (χ3n) is 18.7. The van der Waals surface area contributed by atoms with E-state index in [9.17, 15) is 30.0 Å². The number of β-amino-alcohol motifs (C(OH)–C–C–N with tert-alkyl or cyclic N) is 2. The van der Waals surface area contributed by atoms with E-state index in [1.54, 1.807) is 46.5 Å². The number of likely N-dealkylation sites (tertiary alicyclic amines) is 4. The van der Waals surface area contributed by atoms with Gasteiger partial charge in [-0.3, -0.25) is 9.59 Å². The molecule has 17 nitrogen and oxygen atoms in total. The van der Waals surface area contributed by atoms with Crippen LogP contribution in [0.1, 0.15) is 85.5 Å². The fourth-order valence-corrected chi connectivity index (χ4v) is 13.8. The van der Waals surface area contributed by atoms with Gasteiger partial charge in [-0.1, -0.05) is 12.1 Å². The lowest BCUT2D eigenvalue weighted by Gasteiger charge is -2.43. The van der Waals surface area contributed by atoms with E-state index in [-0.39, 0.29) is 11.8 Å². The summed E-state index contributed by atoms with van der Waals surface area (Å²) in [4.78, 5) is 45.2. The molecule has 18 heteroatoms. The zero-order valence-electron chi connectivity index (χ0n) is 48.1. The largest absolute Gasteiger partial charge is 0.497 e. The number of methoxy groups -OCH3 is 1. The van der Waals surface area contributed by atoms with Gasteiger partial charge in [-0.25, -0.2) is 0 Å². The Morgan fingerprint density at radius 3 is 1.51 bits per heavy atom. The number of morpholine rings is 2. The van der Waals surface area contributed by atoms with Crippen molar-refractivity contribution >= 4 is 68.5 Å². The molecule has 3 aromatic carbocycles. The number of carbonyl (C=O) groups is 2. The van der Waals surface area contributed by atoms with Gasteiger partial charge in [0.05, 0.1) is 56.9 Å². The molecule has 6 N–H and O–H groups in total. The van der Waals surface area contributed by atoms with Gasteiger partial charge in [-0.05, 0) is 189 Å². The van der Waals surface area contributed by atoms with Crippen LogP contribution in [0, 0.1) is 0 Å². The van der Waals surface area contributed by atoms with Crippen LogP contribution in [0.4, 0.5) is 11.4 Å². The van der Waals surface area contributed by atoms with Crippen molar-refractivity contribution in [2.75, 3.05) is 135 Å². The fourth-order valence-electron chi connectivity index (χ4n) is 13.2. The summed E-state index contributed by atoms with van der Waals surface area (Å²) in [5.74, 6) is 1.55. The molecule has 83 heavy (non-hydrogen) atoms. The normalized spacial score (nSPS) is 21.4. The monoisotopic (exact) mass is 1150 g/mol. The molecule has 6 fully saturated rings. The topological polar surface area (TPSA) is 194 Å². The summed E-state index contributed by atoms with van der Waals surface area (Å²) in [5, 5.41) is 51.4. The van der Waals surface area contributed by atoms with Gasteiger partial charge in [0.2, 0.25) is 11.8 Å². The van der Waals surface area contributed by atoms with Gasteiger partial charge < -0.3 is 74.0 Å². The Labute approximate surface area is 491 Å². The maximum Gasteiger partial charge on any atom is 0.246 e. The predicted octanol–water partition coefficient (Wildman–Crippen LogP) is 7.29. The van der Waals surface area contributed by atoms with E-state index < -0.39 is 23.4 Å². The van der Waals surface area contributed by atoms with Gasteiger partial charge in [-0.2, -0.15) is 11.3 Å². The number of aliphatic hydroxyl groups excluding tert-OH is 2. The van der Waals surface area contributed by atoms with Crippen LogP contribution in [-0.4, -0.2) is 210 Å². The van der Waals surface area contributed by atoms with E-state index in [4.69, 9.17) is 14.2 Å². The second-order valence-corrected chi connectivity index (χ2v) is 24.5. The van der Waals surface area contributed by atoms with E-state index in [0.29, 0.717) is 76.8 Å². The molecule has 0 aliphatic carbocycles. The Balaban J connectivity index is 0.000000174. The number of carbonyl (C=O) groups excluding carboxylic acids is 2. The van der Waals surface area contributed by atoms with Crippen molar-refractivity contribution in [1.29, 1.82) is 0 Å². The van der Waals surface area contributed by atoms with Gasteiger partial charge in [0.15, 0.2) is 0 Å². The minimum absolute atomic E-state index is 0.0424. The van der Waals surface area contributed by atoms with Crippen LogP contribution < -0.4 is 14.5 Å². The number of hydrogen-bond donors (Lipinski definition) is 6. The third kappa shape index (κ3) is 14.2. The van der Waals surface area contributed by atoms with Crippen molar-refractivity contribution in [2.24, 2.45) is 0 Å². The molecule has 9 heterocycles. The van der Waals surface area contributed by atoms with Crippen LogP contribution in [0.15, 0.2) is 102 Å². The number of fused-ring (bicyclic) bond motifs is 2. The molecule has 444 valence electrons. The Hall–Kier alpha value is -6.06. The number of amides is 2. The highest BCUT2D eigenvalue weighted by atomic mass is 32.1. The number of nitrogens with one attached hydrogen (secondary N) is 2. The van der Waals surface area contributed by atoms with E-state index in [1.807, 2.05) is 47.2 Å². The molecule has 2 amide bonds. The molecule has 2 atom stereocenters. The number of H-pyrrole nitrogens is 2. The molecule has 2 unspecified atom stereocenters. The third-order valence-corrected chi connectivity index (χ3v) is 19.4. The van der Waals surface area contributed by atoms with Crippen molar-refractivity contribution in [3.05, 3.63) is 124 Å². The van der Waals surface area contributed by atoms with Crippen LogP contribution in [0.2, 0.25) is 0 Å². The number of rotatable bonds is 15. The quantitative estimate of drug-likeness (QED) is 0.0562. The molecule has 0 saturated carbocycles. The summed E-state index contributed by atoms with van der Waals surface area (Å²) >= 11 is 1.60. The molecular weight excluding hydrogens is 1070 g/mol. The number of piperidine rings is 4. The lowest BCUT2D eigenvalue weighted by atomic mass is 9.84. The number of aliphatic hydroxyl groups is 4. The first-order valence-corrected chi connectivity index (χ1v) is 31.1. The number of ether oxygens (including phenoxy) is 3. The van der Waals surface area contributed by atoms with E-state index in [0.717, 1.165) is 121 Å². The Kier molecular flexibility index (Phi) is 19.0. The number of anilines is 2. The van der Waals surface area contributed by atoms with Crippen LogP contribution in [0.25, 0.3) is 34.0 Å². The summed E-state index contributed by atoms with van der Waals surface area (Å²) in [5.41, 5.74) is 7.20. The first kappa shape index (κ1) is 58.7. The van der Waals surface area contributed by atoms with Crippen LogP contribution in [0.3, 0.4) is 0 Å². The van der Waals surface area contributed by atoms with Crippen LogP contribution in [0.5, 0.6) is 5.75 Å². The molecule has 0 spiro atoms. The zero-order chi connectivity index (χ0) is 57.3. The van der Waals surface area contributed by atoms with Gasteiger partial charge in [0.1, 0.15) is 5.75 Å². The number of nitrogens with zero attached hydrogens (tertiary/aromatic N) is 6. The summed E-state index contributed by atoms with van der Waals surface area (Å²) in [6.45, 7) is 13.0. The lowest BCUT2D eigenvalue weighted by molar-refractivity contribution is -0.140. The average Bonchev–Trinajstić information content (AvgIpc) is 4.43. The van der Waals surface area contributed by atoms with Crippen molar-refractivity contribution in [1.82, 2.24) is 29.6 Å². The minimum Gasteiger partial charge on any atom is -0.497 e. The first-order valence-electron chi connectivity index (χ1n) is 30.1. The zero-order valence-corrected chi connectivity index (χ0v) is 48.9. The first-order chi connectivity index (χ1) is 40.4. The molecule has 0 bridgehead atoms. The minimum atomic E-state index is -1.18. The van der Waals surface area contributed by atoms with E-state index in [1.165, 1.54) is 44.3 Å². The van der Waals surface area contributed by atoms with Crippen molar-refractivity contribution in [3.63, 3.8) is 0 Å². The smallest absolute Gasteiger partial charge is 0.246 e. The number of aromatic amines is 2. The highest BCUT2D eigenvalue weighted by molar-refractivity contribution is 7.08. The molecule has 3 aromatic heterocycles. The van der Waals surface area contributed by atoms with Gasteiger partial charge in [0, 0.05) is 123 Å². The second kappa shape index (κ2) is 26.9. The number of aromatic nitrogens is 2. The number of thiophene rings is 1. The second-order valence-electron chi connectivity index (χ2n) is 23.7. The van der Waals surface area contributed by atoms with Crippen LogP contribution in [-0.2, 0) is 19.1 Å². The number of benzene rings is 3. The van der Waals surface area contributed by atoms with E-state index >= 15 is 0 Å². The molecule has 6 aliphatic rings. The maximum absolute atomic E-state index is 12.8. The summed E-state index contributed by atoms with van der Waals surface area (Å²) in [6.07, 6.45) is 15.1. The van der Waals surface area contributed by atoms with Crippen LogP contribution >= 0.6 is 11.3 Å². The van der Waals surface area contributed by atoms with Crippen molar-refractivity contribution in [2.45, 2.75) is 86.6 Å². The molecule has 6 aromatic rings. The fraction of sp³-hybridized carbons (Fsp3) is 0.508. The summed E-state index contributed by atoms with van der Waals surface area (Å²) in [6, 6.07) is 22.9. The van der Waals surface area contributed by atoms with Gasteiger partial charge in [0.25, 0.3) is 0 Å². The van der Waals surface area contributed by atoms with Gasteiger partial charge >= 0.3 is 0 Å². The molecular formula is C65H84N8O9S. The van der Waals surface area contributed by atoms with Gasteiger partial charge in [-0.15, -0.1) is 0 Å². The SMILES string of the molecule is COc1cccc(/C=C/C(=O)N2CCC(O)(C(O)CN3CCC(c4c[nH]c5ccc(N6CCOCC6)cc45)CC3)CC2)c1.O=C(/C=C/c1ccsc1)N1CCC(O)(C(O)CN2CCC(c3c[nH]c4ccc(N5CCOCC5)cc34)CC2)CC1. The summed E-state index contributed by atoms with van der Waals surface area (Å²) in [7, 11) is 1.62. The summed E-state index contributed by atoms with van der Waals surface area (Å²) < 4.78 is 16.3. The molecule has 0 radical (unpaired) electrons. The highest BCUT2D eigenvalue weighted by Gasteiger charge is 2.42. The molecule has 6 aliphatic heterocycles. The van der Waals surface area contributed by atoms with Crippen molar-refractivity contribution < 1.29 is 44.2 Å². The Morgan fingerprint density at radius 1 is 0.614 bits per heavy atom. The Bertz CT molecular complexity index is 3130. The molecule has 12 rings (SSSR count). The highest BCUT2D eigenvalue weighted by Crippen LogP contribution is 2.38. The Morgan fingerprint density at radius 2 is 1.07 bits per heavy atom. The standard InChI is InChI=1S/C34H44N4O5.C31H40N4O4S/c1-42-28-4-2-3-25(21-28)5-8-33(40)38-15-11-34(41,12-16-38)32(39)24-36-13-9-26(10-14-36)30-23-35-31-7-6-27(22-29(30)31)37-17-19-43-20-18-37;36-29(31(38)8-12-35(13-9-31)30(37)4-1-23-7-18-40-22-23)21-33-10-5-24(6-11-33)27-20-32-28-3-2-25(19-26(27)28)34-14-16-39-17-15-34/h2-8,21-23,26,32,35,39,41H,9-20,24H2,1H3;1-4,7,18-20,22,24,29,32,36,38H,5-6,8-17,21H2/b8-5+;4-1+. The predicted molar refractivity (Wildman–Crippen MR) is 328 cm³/mol. The average molecular weight is 1150 g/mol. The van der Waals surface area contributed by atoms with Crippen molar-refractivity contribution in [3.8, 4) is 5.75 Å². The van der Waals surface area contributed by atoms with E-state index in [2.05, 4.69) is 78.4 Å². The maximum atomic E-state index is 12.8. The molecule has 6 saturated heterocycles. The number of hydrogen-bond acceptors (Lipinski definition) is 14.